The van der Waals surface area contributed by atoms with Gasteiger partial charge in [-0.1, -0.05) is 6.08 Å². The highest BCUT2D eigenvalue weighted by atomic mass is 35.5. The van der Waals surface area contributed by atoms with Gasteiger partial charge >= 0.3 is 0 Å². The second-order valence-electron chi connectivity index (χ2n) is 2.79. The Labute approximate surface area is 83.4 Å². The smallest absolute Gasteiger partial charge is 0.0631 e. The predicted octanol–water partition coefficient (Wildman–Crippen LogP) is 2.61. The van der Waals surface area contributed by atoms with Crippen molar-refractivity contribution in [2.24, 2.45) is 0 Å². The van der Waals surface area contributed by atoms with Gasteiger partial charge in [-0.15, -0.1) is 11.6 Å². The Morgan fingerprint density at radius 2 is 2.31 bits per heavy atom. The maximum absolute atomic E-state index is 5.64. The summed E-state index contributed by atoms with van der Waals surface area (Å²) in [5.74, 6) is 0.643. The van der Waals surface area contributed by atoms with Crippen molar-refractivity contribution in [2.45, 2.75) is 13.3 Å². The Kier molecular flexibility index (Phi) is 3.77. The van der Waals surface area contributed by atoms with Crippen molar-refractivity contribution in [3.05, 3.63) is 29.6 Å². The number of rotatable bonds is 3. The lowest BCUT2D eigenvalue weighted by atomic mass is 10.2. The van der Waals surface area contributed by atoms with Crippen molar-refractivity contribution in [3.63, 3.8) is 0 Å². The molecule has 0 bridgehead atoms. The van der Waals surface area contributed by atoms with E-state index in [4.69, 9.17) is 17.3 Å². The fourth-order valence-corrected chi connectivity index (χ4v) is 1.08. The molecule has 0 aromatic carbocycles. The number of anilines is 1. The summed E-state index contributed by atoms with van der Waals surface area (Å²) >= 11 is 5.53. The molecular formula is C10H13ClN2. The molecule has 13 heavy (non-hydrogen) atoms. The number of hydrogen-bond acceptors (Lipinski definition) is 2. The second kappa shape index (κ2) is 4.87. The van der Waals surface area contributed by atoms with E-state index in [0.29, 0.717) is 5.88 Å². The Hall–Kier alpha value is -1.02. The highest BCUT2D eigenvalue weighted by Gasteiger charge is 1.94. The van der Waals surface area contributed by atoms with E-state index < -0.39 is 0 Å². The van der Waals surface area contributed by atoms with E-state index in [9.17, 15) is 0 Å². The zero-order valence-electron chi connectivity index (χ0n) is 7.63. The van der Waals surface area contributed by atoms with Gasteiger partial charge in [-0.2, -0.15) is 0 Å². The van der Waals surface area contributed by atoms with Gasteiger partial charge in [-0.05, 0) is 31.6 Å². The van der Waals surface area contributed by atoms with Crippen molar-refractivity contribution >= 4 is 23.4 Å². The van der Waals surface area contributed by atoms with Crippen molar-refractivity contribution in [1.29, 1.82) is 0 Å². The van der Waals surface area contributed by atoms with Gasteiger partial charge in [0.15, 0.2) is 0 Å². The summed E-state index contributed by atoms with van der Waals surface area (Å²) in [5, 5.41) is 0. The minimum absolute atomic E-state index is 0.643. The minimum Gasteiger partial charge on any atom is -0.397 e. The third-order valence-electron chi connectivity index (χ3n) is 1.71. The molecule has 0 unspecified atom stereocenters. The van der Waals surface area contributed by atoms with Gasteiger partial charge in [0.2, 0.25) is 0 Å². The Morgan fingerprint density at radius 3 is 2.92 bits per heavy atom. The zero-order valence-corrected chi connectivity index (χ0v) is 8.38. The number of hydrogen-bond donors (Lipinski definition) is 1. The van der Waals surface area contributed by atoms with E-state index >= 15 is 0 Å². The van der Waals surface area contributed by atoms with Crippen molar-refractivity contribution < 1.29 is 0 Å². The summed E-state index contributed by atoms with van der Waals surface area (Å²) in [4.78, 5) is 4.29. The van der Waals surface area contributed by atoms with Gasteiger partial charge < -0.3 is 5.73 Å². The van der Waals surface area contributed by atoms with Crippen LogP contribution in [0.4, 0.5) is 5.69 Å². The molecule has 1 rings (SSSR count). The second-order valence-corrected chi connectivity index (χ2v) is 3.17. The molecule has 0 saturated heterocycles. The number of halogens is 1. The molecule has 0 amide bonds. The normalized spacial score (nSPS) is 10.9. The van der Waals surface area contributed by atoms with Crippen LogP contribution in [-0.2, 0) is 0 Å². The van der Waals surface area contributed by atoms with E-state index in [2.05, 4.69) is 4.98 Å². The fourth-order valence-electron chi connectivity index (χ4n) is 0.951. The number of alkyl halides is 1. The number of aromatic nitrogens is 1. The van der Waals surface area contributed by atoms with E-state index in [1.54, 1.807) is 0 Å². The highest BCUT2D eigenvalue weighted by molar-refractivity contribution is 6.17. The van der Waals surface area contributed by atoms with Gasteiger partial charge in [-0.25, -0.2) is 0 Å². The zero-order chi connectivity index (χ0) is 9.68. The number of allylic oxidation sites excluding steroid dienone is 1. The van der Waals surface area contributed by atoms with Crippen LogP contribution in [0, 0.1) is 6.92 Å². The molecule has 1 aromatic rings. The quantitative estimate of drug-likeness (QED) is 0.755. The van der Waals surface area contributed by atoms with E-state index in [0.717, 1.165) is 23.5 Å². The van der Waals surface area contributed by atoms with Gasteiger partial charge in [0, 0.05) is 5.88 Å². The van der Waals surface area contributed by atoms with Crippen LogP contribution in [0.5, 0.6) is 0 Å². The first-order valence-corrected chi connectivity index (χ1v) is 4.73. The molecule has 0 spiro atoms. The average molecular weight is 197 g/mol. The first-order chi connectivity index (χ1) is 6.24. The third kappa shape index (κ3) is 3.07. The summed E-state index contributed by atoms with van der Waals surface area (Å²) in [6.45, 7) is 1.90. The standard InChI is InChI=1S/C10H13ClN2/c1-8-10(12)6-5-9(13-8)4-2-3-7-11/h2,4-6H,3,7,12H2,1H3. The molecule has 2 nitrogen and oxygen atoms in total. The van der Waals surface area contributed by atoms with Crippen LogP contribution in [0.25, 0.3) is 6.08 Å². The largest absolute Gasteiger partial charge is 0.397 e. The highest BCUT2D eigenvalue weighted by Crippen LogP contribution is 2.09. The molecule has 0 fully saturated rings. The molecule has 0 aliphatic heterocycles. The molecule has 0 aliphatic carbocycles. The minimum atomic E-state index is 0.643. The van der Waals surface area contributed by atoms with Crippen LogP contribution in [0.2, 0.25) is 0 Å². The summed E-state index contributed by atoms with van der Waals surface area (Å²) in [7, 11) is 0. The number of nitrogens with two attached hydrogens (primary N) is 1. The number of nitrogens with zero attached hydrogens (tertiary/aromatic N) is 1. The molecule has 2 N–H and O–H groups in total. The first kappa shape index (κ1) is 10.1. The Bertz CT molecular complexity index is 308. The van der Waals surface area contributed by atoms with Gasteiger partial charge in [0.25, 0.3) is 0 Å². The van der Waals surface area contributed by atoms with Crippen LogP contribution in [0.3, 0.4) is 0 Å². The molecule has 1 aromatic heterocycles. The predicted molar refractivity (Wildman–Crippen MR) is 57.8 cm³/mol. The van der Waals surface area contributed by atoms with Gasteiger partial charge in [-0.3, -0.25) is 4.98 Å². The summed E-state index contributed by atoms with van der Waals surface area (Å²) in [6.07, 6.45) is 4.83. The molecule has 0 saturated carbocycles. The molecule has 70 valence electrons. The summed E-state index contributed by atoms with van der Waals surface area (Å²) in [5.41, 5.74) is 8.16. The monoisotopic (exact) mass is 196 g/mol. The lowest BCUT2D eigenvalue weighted by Crippen LogP contribution is -1.93. The lowest BCUT2D eigenvalue weighted by Gasteiger charge is -1.99. The number of aryl methyl sites for hydroxylation is 1. The summed E-state index contributed by atoms with van der Waals surface area (Å²) in [6, 6.07) is 3.76. The summed E-state index contributed by atoms with van der Waals surface area (Å²) < 4.78 is 0. The SMILES string of the molecule is Cc1nc(C=CCCCl)ccc1N. The third-order valence-corrected chi connectivity index (χ3v) is 1.93. The molecule has 3 heteroatoms. The molecule has 0 radical (unpaired) electrons. The maximum Gasteiger partial charge on any atom is 0.0631 e. The fraction of sp³-hybridized carbons (Fsp3) is 0.300. The van der Waals surface area contributed by atoms with Crippen LogP contribution >= 0.6 is 11.6 Å². The molecule has 0 atom stereocenters. The van der Waals surface area contributed by atoms with E-state index in [1.807, 2.05) is 31.2 Å². The van der Waals surface area contributed by atoms with Crippen molar-refractivity contribution in [2.75, 3.05) is 11.6 Å². The van der Waals surface area contributed by atoms with Crippen molar-refractivity contribution in [3.8, 4) is 0 Å². The maximum atomic E-state index is 5.64. The van der Waals surface area contributed by atoms with E-state index in [-0.39, 0.29) is 0 Å². The first-order valence-electron chi connectivity index (χ1n) is 4.19. The van der Waals surface area contributed by atoms with Crippen LogP contribution in [0.15, 0.2) is 18.2 Å². The van der Waals surface area contributed by atoms with Crippen LogP contribution < -0.4 is 5.73 Å². The Balaban J connectivity index is 2.73. The lowest BCUT2D eigenvalue weighted by molar-refractivity contribution is 1.18. The van der Waals surface area contributed by atoms with Crippen molar-refractivity contribution in [1.82, 2.24) is 4.98 Å². The van der Waals surface area contributed by atoms with E-state index in [1.165, 1.54) is 0 Å². The molecule has 1 heterocycles. The topological polar surface area (TPSA) is 38.9 Å². The van der Waals surface area contributed by atoms with Gasteiger partial charge in [0.1, 0.15) is 0 Å². The van der Waals surface area contributed by atoms with Gasteiger partial charge in [0.05, 0.1) is 17.1 Å². The Morgan fingerprint density at radius 1 is 1.54 bits per heavy atom. The van der Waals surface area contributed by atoms with Crippen LogP contribution in [-0.4, -0.2) is 10.9 Å². The number of pyridine rings is 1. The van der Waals surface area contributed by atoms with Crippen LogP contribution in [0.1, 0.15) is 17.8 Å². The molecule has 0 aliphatic rings. The average Bonchev–Trinajstić information content (AvgIpc) is 2.12. The number of nitrogen functional groups attached to an aromatic ring is 1. The molecular weight excluding hydrogens is 184 g/mol.